The highest BCUT2D eigenvalue weighted by Gasteiger charge is 1.96. The van der Waals surface area contributed by atoms with Gasteiger partial charge in [-0.2, -0.15) is 0 Å². The van der Waals surface area contributed by atoms with Gasteiger partial charge in [-0.25, -0.2) is 0 Å². The Balaban J connectivity index is 3.28. The van der Waals surface area contributed by atoms with Gasteiger partial charge in [0.25, 0.3) is 0 Å². The zero-order chi connectivity index (χ0) is 7.28. The van der Waals surface area contributed by atoms with Crippen molar-refractivity contribution in [3.63, 3.8) is 0 Å². The number of aliphatic hydroxyl groups excluding tert-OH is 1. The van der Waals surface area contributed by atoms with Gasteiger partial charge in [-0.3, -0.25) is 0 Å². The van der Waals surface area contributed by atoms with Crippen LogP contribution >= 0.6 is 0 Å². The molecule has 3 heteroatoms. The lowest BCUT2D eigenvalue weighted by molar-refractivity contribution is 0.186. The van der Waals surface area contributed by atoms with Crippen molar-refractivity contribution < 1.29 is 10.3 Å². The molecule has 0 aliphatic heterocycles. The Morgan fingerprint density at radius 3 is 2.56 bits per heavy atom. The maximum atomic E-state index is 8.76. The zero-order valence-electron chi connectivity index (χ0n) is 5.83. The van der Waals surface area contributed by atoms with E-state index in [2.05, 4.69) is 5.16 Å². The highest BCUT2D eigenvalue weighted by molar-refractivity contribution is 5.81. The van der Waals surface area contributed by atoms with E-state index < -0.39 is 0 Å². The third kappa shape index (κ3) is 5.30. The highest BCUT2D eigenvalue weighted by atomic mass is 16.4. The monoisotopic (exact) mass is 131 g/mol. The van der Waals surface area contributed by atoms with Gasteiger partial charge in [-0.1, -0.05) is 5.16 Å². The molecule has 0 aromatic heterocycles. The van der Waals surface area contributed by atoms with Crippen molar-refractivity contribution in [1.29, 1.82) is 0 Å². The summed E-state index contributed by atoms with van der Waals surface area (Å²) in [5.74, 6) is 0. The number of rotatable bonds is 3. The Bertz CT molecular complexity index is 99.2. The first-order valence-corrected chi connectivity index (χ1v) is 3.02. The highest BCUT2D eigenvalue weighted by Crippen LogP contribution is 1.96. The van der Waals surface area contributed by atoms with Gasteiger partial charge in [0.2, 0.25) is 0 Å². The van der Waals surface area contributed by atoms with Crippen molar-refractivity contribution in [1.82, 2.24) is 0 Å². The van der Waals surface area contributed by atoms with Crippen LogP contribution in [-0.2, 0) is 0 Å². The van der Waals surface area contributed by atoms with E-state index in [1.165, 1.54) is 0 Å². The minimum atomic E-state index is -0.304. The molecule has 0 aliphatic carbocycles. The predicted molar refractivity (Wildman–Crippen MR) is 35.8 cm³/mol. The number of oxime groups is 1. The maximum absolute atomic E-state index is 8.76. The smallest absolute Gasteiger partial charge is 0.0541 e. The van der Waals surface area contributed by atoms with Gasteiger partial charge < -0.3 is 10.3 Å². The van der Waals surface area contributed by atoms with Gasteiger partial charge in [0.05, 0.1) is 11.8 Å². The van der Waals surface area contributed by atoms with E-state index >= 15 is 0 Å². The second-order valence-electron chi connectivity index (χ2n) is 2.22. The molecule has 0 aliphatic rings. The van der Waals surface area contributed by atoms with Gasteiger partial charge in [0, 0.05) is 0 Å². The molecule has 0 heterocycles. The van der Waals surface area contributed by atoms with Crippen LogP contribution in [0.2, 0.25) is 0 Å². The molecule has 0 saturated heterocycles. The SMILES string of the molecule is C/C(CCC(C)O)=N\O. The predicted octanol–water partition coefficient (Wildman–Crippen LogP) is 0.998. The third-order valence-corrected chi connectivity index (χ3v) is 1.09. The van der Waals surface area contributed by atoms with Crippen LogP contribution in [0.15, 0.2) is 5.16 Å². The Morgan fingerprint density at radius 1 is 1.67 bits per heavy atom. The largest absolute Gasteiger partial charge is 0.411 e. The van der Waals surface area contributed by atoms with Crippen molar-refractivity contribution in [2.45, 2.75) is 32.8 Å². The molecule has 54 valence electrons. The van der Waals surface area contributed by atoms with Crippen molar-refractivity contribution in [2.24, 2.45) is 5.16 Å². The quantitative estimate of drug-likeness (QED) is 0.341. The van der Waals surface area contributed by atoms with Crippen LogP contribution in [0.4, 0.5) is 0 Å². The molecule has 0 spiro atoms. The third-order valence-electron chi connectivity index (χ3n) is 1.09. The van der Waals surface area contributed by atoms with Crippen LogP contribution in [0.3, 0.4) is 0 Å². The van der Waals surface area contributed by atoms with Crippen LogP contribution in [0, 0.1) is 0 Å². The van der Waals surface area contributed by atoms with Crippen LogP contribution in [0.1, 0.15) is 26.7 Å². The van der Waals surface area contributed by atoms with E-state index in [1.54, 1.807) is 13.8 Å². The number of aliphatic hydroxyl groups is 1. The lowest BCUT2D eigenvalue weighted by Crippen LogP contribution is -2.02. The topological polar surface area (TPSA) is 52.8 Å². The van der Waals surface area contributed by atoms with Gasteiger partial charge in [0.1, 0.15) is 0 Å². The normalized spacial score (nSPS) is 15.7. The van der Waals surface area contributed by atoms with Crippen molar-refractivity contribution >= 4 is 5.71 Å². The first-order chi connectivity index (χ1) is 4.16. The Kier molecular flexibility index (Phi) is 4.05. The van der Waals surface area contributed by atoms with Gasteiger partial charge in [-0.15, -0.1) is 0 Å². The molecule has 0 bridgehead atoms. The molecule has 0 aromatic carbocycles. The molecule has 3 nitrogen and oxygen atoms in total. The average molecular weight is 131 g/mol. The number of hydrogen-bond acceptors (Lipinski definition) is 3. The molecule has 0 rings (SSSR count). The molecular formula is C6H13NO2. The second kappa shape index (κ2) is 4.32. The maximum Gasteiger partial charge on any atom is 0.0541 e. The molecule has 1 atom stereocenters. The average Bonchev–Trinajstić information content (AvgIpc) is 1.83. The van der Waals surface area contributed by atoms with Crippen molar-refractivity contribution in [3.8, 4) is 0 Å². The second-order valence-corrected chi connectivity index (χ2v) is 2.22. The first-order valence-electron chi connectivity index (χ1n) is 3.02. The molecule has 0 saturated carbocycles. The van der Waals surface area contributed by atoms with Crippen LogP contribution in [0.5, 0.6) is 0 Å². The number of hydrogen-bond donors (Lipinski definition) is 2. The molecule has 1 unspecified atom stereocenters. The first kappa shape index (κ1) is 8.43. The van der Waals surface area contributed by atoms with E-state index in [9.17, 15) is 0 Å². The summed E-state index contributed by atoms with van der Waals surface area (Å²) < 4.78 is 0. The van der Waals surface area contributed by atoms with E-state index in [0.717, 1.165) is 0 Å². The van der Waals surface area contributed by atoms with Gasteiger partial charge in [-0.05, 0) is 26.7 Å². The van der Waals surface area contributed by atoms with E-state index in [0.29, 0.717) is 18.6 Å². The summed E-state index contributed by atoms with van der Waals surface area (Å²) >= 11 is 0. The van der Waals surface area contributed by atoms with E-state index in [1.807, 2.05) is 0 Å². The van der Waals surface area contributed by atoms with Crippen LogP contribution < -0.4 is 0 Å². The van der Waals surface area contributed by atoms with Crippen molar-refractivity contribution in [2.75, 3.05) is 0 Å². The summed E-state index contributed by atoms with van der Waals surface area (Å²) in [6.45, 7) is 3.44. The molecule has 9 heavy (non-hydrogen) atoms. The van der Waals surface area contributed by atoms with E-state index in [4.69, 9.17) is 10.3 Å². The molecule has 0 radical (unpaired) electrons. The van der Waals surface area contributed by atoms with Crippen molar-refractivity contribution in [3.05, 3.63) is 0 Å². The molecule has 0 amide bonds. The standard InChI is InChI=1S/C6H13NO2/c1-5(7-9)3-4-6(2)8/h6,8-9H,3-4H2,1-2H3/b7-5+. The minimum Gasteiger partial charge on any atom is -0.411 e. The van der Waals surface area contributed by atoms with Gasteiger partial charge >= 0.3 is 0 Å². The van der Waals surface area contributed by atoms with Crippen LogP contribution in [-0.4, -0.2) is 22.1 Å². The molecule has 0 aromatic rings. The molecule has 2 N–H and O–H groups in total. The van der Waals surface area contributed by atoms with E-state index in [-0.39, 0.29) is 6.10 Å². The zero-order valence-corrected chi connectivity index (χ0v) is 5.83. The summed E-state index contributed by atoms with van der Waals surface area (Å²) in [7, 11) is 0. The lowest BCUT2D eigenvalue weighted by Gasteiger charge is -2.00. The fourth-order valence-electron chi connectivity index (χ4n) is 0.468. The summed E-state index contributed by atoms with van der Waals surface area (Å²) in [5.41, 5.74) is 0.663. The summed E-state index contributed by atoms with van der Waals surface area (Å²) in [4.78, 5) is 0. The lowest BCUT2D eigenvalue weighted by atomic mass is 10.2. The molecule has 0 fully saturated rings. The van der Waals surface area contributed by atoms with Crippen LogP contribution in [0.25, 0.3) is 0 Å². The number of nitrogens with zero attached hydrogens (tertiary/aromatic N) is 1. The fourth-order valence-corrected chi connectivity index (χ4v) is 0.468. The fraction of sp³-hybridized carbons (Fsp3) is 0.833. The summed E-state index contributed by atoms with van der Waals surface area (Å²) in [6.07, 6.45) is 1.02. The Labute approximate surface area is 55.0 Å². The Hall–Kier alpha value is -0.570. The summed E-state index contributed by atoms with van der Waals surface area (Å²) in [6, 6.07) is 0. The van der Waals surface area contributed by atoms with Gasteiger partial charge in [0.15, 0.2) is 0 Å². The molecular weight excluding hydrogens is 118 g/mol. The minimum absolute atomic E-state index is 0.304. The summed E-state index contributed by atoms with van der Waals surface area (Å²) in [5, 5.41) is 19.9. The Morgan fingerprint density at radius 2 is 2.22 bits per heavy atom.